The van der Waals surface area contributed by atoms with Crippen LogP contribution in [0.15, 0.2) is 109 Å². The second kappa shape index (κ2) is 17.8. The molecule has 55 heavy (non-hydrogen) atoms. The zero-order valence-electron chi connectivity index (χ0n) is 32.7. The Bertz CT molecular complexity index is 1940. The number of methoxy groups -OCH3 is 2. The van der Waals surface area contributed by atoms with Crippen LogP contribution in [-0.4, -0.2) is 72.5 Å². The molecule has 0 heterocycles. The van der Waals surface area contributed by atoms with Crippen LogP contribution < -0.4 is 10.1 Å². The second-order valence-corrected chi connectivity index (χ2v) is 15.6. The first kappa shape index (κ1) is 39.9. The Morgan fingerprint density at radius 3 is 2.35 bits per heavy atom. The number of carbonyl (C=O) groups is 2. The predicted octanol–water partition coefficient (Wildman–Crippen LogP) is 9.20. The fourth-order valence-corrected chi connectivity index (χ4v) is 8.64. The molecular weight excluding hydrogens is 689 g/mol. The zero-order chi connectivity index (χ0) is 39.0. The third kappa shape index (κ3) is 9.21. The third-order valence-electron chi connectivity index (χ3n) is 12.0. The molecule has 4 aromatic carbocycles. The van der Waals surface area contributed by atoms with E-state index in [0.29, 0.717) is 74.2 Å². The average Bonchev–Trinajstić information content (AvgIpc) is 3.45. The highest BCUT2D eigenvalue weighted by atomic mass is 16.5. The molecule has 0 radical (unpaired) electrons. The van der Waals surface area contributed by atoms with E-state index in [4.69, 9.17) is 9.47 Å². The monoisotopic (exact) mass is 744 g/mol. The van der Waals surface area contributed by atoms with Crippen molar-refractivity contribution < 1.29 is 29.3 Å². The van der Waals surface area contributed by atoms with Crippen molar-refractivity contribution >= 4 is 17.5 Å². The van der Waals surface area contributed by atoms with Crippen LogP contribution in [0.5, 0.6) is 5.75 Å². The molecule has 2 amide bonds. The summed E-state index contributed by atoms with van der Waals surface area (Å²) in [6.45, 7) is 5.26. The summed E-state index contributed by atoms with van der Waals surface area (Å²) in [7, 11) is 3.25. The summed E-state index contributed by atoms with van der Waals surface area (Å²) in [6.07, 6.45) is 6.65. The van der Waals surface area contributed by atoms with E-state index in [1.807, 2.05) is 54.6 Å². The number of allylic oxidation sites excluding steroid dienone is 2. The number of urea groups is 1. The number of ether oxygens (including phenoxy) is 2. The Kier molecular flexibility index (Phi) is 12.9. The Labute approximate surface area is 326 Å². The van der Waals surface area contributed by atoms with E-state index in [2.05, 4.69) is 43.4 Å². The molecule has 4 atom stereocenters. The number of amides is 2. The highest BCUT2D eigenvalue weighted by Crippen LogP contribution is 2.59. The van der Waals surface area contributed by atoms with E-state index < -0.39 is 17.1 Å². The number of ketones is 1. The number of hydrogen-bond acceptors (Lipinski definition) is 6. The zero-order valence-corrected chi connectivity index (χ0v) is 32.7. The van der Waals surface area contributed by atoms with Gasteiger partial charge in [-0.15, -0.1) is 0 Å². The van der Waals surface area contributed by atoms with Gasteiger partial charge in [-0.1, -0.05) is 85.3 Å². The van der Waals surface area contributed by atoms with Crippen molar-refractivity contribution in [2.24, 2.45) is 5.41 Å². The molecule has 8 nitrogen and oxygen atoms in total. The number of aliphatic hydroxyl groups is 2. The summed E-state index contributed by atoms with van der Waals surface area (Å²) in [6, 6.07) is 30.8. The van der Waals surface area contributed by atoms with Gasteiger partial charge in [0.25, 0.3) is 0 Å². The van der Waals surface area contributed by atoms with Gasteiger partial charge in [0.1, 0.15) is 5.75 Å². The van der Waals surface area contributed by atoms with Crippen LogP contribution in [0, 0.1) is 5.41 Å². The molecular formula is C47H56N2O6. The molecule has 0 spiro atoms. The van der Waals surface area contributed by atoms with E-state index in [1.165, 1.54) is 5.57 Å². The van der Waals surface area contributed by atoms with Crippen molar-refractivity contribution in [2.45, 2.75) is 82.8 Å². The van der Waals surface area contributed by atoms with Crippen molar-refractivity contribution in [3.8, 4) is 16.9 Å². The van der Waals surface area contributed by atoms with E-state index in [9.17, 15) is 19.8 Å². The summed E-state index contributed by atoms with van der Waals surface area (Å²) >= 11 is 0. The highest BCUT2D eigenvalue weighted by molar-refractivity contribution is 6.10. The van der Waals surface area contributed by atoms with Crippen molar-refractivity contribution in [1.29, 1.82) is 0 Å². The minimum absolute atomic E-state index is 0.0772. The van der Waals surface area contributed by atoms with E-state index >= 15 is 0 Å². The number of nitrogens with zero attached hydrogens (tertiary/aromatic N) is 1. The minimum atomic E-state index is -1.26. The van der Waals surface area contributed by atoms with Crippen molar-refractivity contribution in [3.05, 3.63) is 131 Å². The molecule has 0 unspecified atom stereocenters. The predicted molar refractivity (Wildman–Crippen MR) is 219 cm³/mol. The first-order chi connectivity index (χ1) is 26.5. The molecule has 1 fully saturated rings. The summed E-state index contributed by atoms with van der Waals surface area (Å²) < 4.78 is 10.7. The lowest BCUT2D eigenvalue weighted by Gasteiger charge is -2.46. The molecule has 2 bridgehead atoms. The van der Waals surface area contributed by atoms with Crippen LogP contribution in [0.2, 0.25) is 0 Å². The minimum Gasteiger partial charge on any atom is -0.497 e. The van der Waals surface area contributed by atoms with Crippen LogP contribution in [0.25, 0.3) is 11.1 Å². The third-order valence-corrected chi connectivity index (χ3v) is 12.0. The standard InChI is InChI=1S/C47H56N2O6/c1-33-10-8-26-46(2)43(25-27-47(46,53)32-49(28-9-29-54-3)45(52)48-38-19-22-40(55-4)23-20-38)41-24-14-34(30-39(50)21-13-33)31-42(41)44(51)37-17-15-36(16-18-37)35-11-6-5-7-12-35/h5-7,10-12,14-20,22-24,31,39,43,50,53H,8-9,13,21,25-30,32H2,1-4H3,(H,48,52)/t39-,43-,46-,47+/m0/s1. The molecule has 0 saturated heterocycles. The Balaban J connectivity index is 1.37. The number of benzene rings is 4. The molecule has 3 N–H and O–H groups in total. The van der Waals surface area contributed by atoms with Gasteiger partial charge < -0.3 is 29.9 Å². The molecule has 1 saturated carbocycles. The summed E-state index contributed by atoms with van der Waals surface area (Å²) in [5, 5.41) is 27.1. The van der Waals surface area contributed by atoms with Gasteiger partial charge in [-0.05, 0) is 117 Å². The first-order valence-electron chi connectivity index (χ1n) is 19.6. The van der Waals surface area contributed by atoms with Crippen LogP contribution >= 0.6 is 0 Å². The Hall–Kier alpha value is -4.76. The summed E-state index contributed by atoms with van der Waals surface area (Å²) in [5.74, 6) is 0.450. The summed E-state index contributed by atoms with van der Waals surface area (Å²) in [5.41, 5.74) is 5.02. The van der Waals surface area contributed by atoms with Crippen molar-refractivity contribution in [2.75, 3.05) is 39.2 Å². The van der Waals surface area contributed by atoms with Gasteiger partial charge in [0, 0.05) is 42.5 Å². The van der Waals surface area contributed by atoms with E-state index in [0.717, 1.165) is 35.1 Å². The molecule has 290 valence electrons. The van der Waals surface area contributed by atoms with Gasteiger partial charge in [-0.2, -0.15) is 0 Å². The summed E-state index contributed by atoms with van der Waals surface area (Å²) in [4.78, 5) is 30.3. The van der Waals surface area contributed by atoms with Gasteiger partial charge in [0.15, 0.2) is 5.78 Å². The second-order valence-electron chi connectivity index (χ2n) is 15.6. The number of fused-ring (bicyclic) bond motifs is 8. The molecule has 4 aromatic rings. The lowest BCUT2D eigenvalue weighted by molar-refractivity contribution is -0.0767. The normalized spacial score (nSPS) is 22.6. The van der Waals surface area contributed by atoms with Gasteiger partial charge in [-0.3, -0.25) is 4.79 Å². The molecule has 0 aliphatic heterocycles. The number of anilines is 1. The average molecular weight is 745 g/mol. The number of nitrogens with one attached hydrogen (secondary N) is 1. The lowest BCUT2D eigenvalue weighted by atomic mass is 9.64. The quantitative estimate of drug-likeness (QED) is 0.0803. The molecule has 8 heteroatoms. The first-order valence-corrected chi connectivity index (χ1v) is 19.6. The number of aliphatic hydroxyl groups excluding tert-OH is 1. The smallest absolute Gasteiger partial charge is 0.321 e. The number of carbonyl (C=O) groups excluding carboxylic acids is 2. The number of rotatable bonds is 11. The lowest BCUT2D eigenvalue weighted by Crippen LogP contribution is -2.54. The van der Waals surface area contributed by atoms with Crippen LogP contribution in [0.4, 0.5) is 10.5 Å². The van der Waals surface area contributed by atoms with Crippen LogP contribution in [0.3, 0.4) is 0 Å². The topological polar surface area (TPSA) is 108 Å². The molecule has 7 rings (SSSR count). The Morgan fingerprint density at radius 1 is 0.909 bits per heavy atom. The molecule has 0 aromatic heterocycles. The van der Waals surface area contributed by atoms with Gasteiger partial charge in [-0.25, -0.2) is 4.79 Å². The highest BCUT2D eigenvalue weighted by Gasteiger charge is 2.57. The SMILES string of the molecule is COCCCN(C[C@]1(O)CC[C@H]2c3ccc(cc3C(=O)c3ccc(-c4ccccc4)cc3)C[C@@H](O)CCC(C)=CCC[C@@]21C)C(=O)Nc1ccc(OC)cc1. The van der Waals surface area contributed by atoms with Gasteiger partial charge in [0.2, 0.25) is 0 Å². The van der Waals surface area contributed by atoms with Crippen molar-refractivity contribution in [1.82, 2.24) is 4.90 Å². The Morgan fingerprint density at radius 2 is 1.64 bits per heavy atom. The van der Waals surface area contributed by atoms with Crippen molar-refractivity contribution in [3.63, 3.8) is 0 Å². The van der Waals surface area contributed by atoms with E-state index in [1.54, 1.807) is 43.4 Å². The van der Waals surface area contributed by atoms with Crippen LogP contribution in [0.1, 0.15) is 91.8 Å². The largest absolute Gasteiger partial charge is 0.497 e. The maximum Gasteiger partial charge on any atom is 0.321 e. The number of hydrogen-bond donors (Lipinski definition) is 3. The van der Waals surface area contributed by atoms with Gasteiger partial charge >= 0.3 is 6.03 Å². The van der Waals surface area contributed by atoms with Crippen LogP contribution in [-0.2, 0) is 11.2 Å². The molecule has 3 aliphatic carbocycles. The van der Waals surface area contributed by atoms with Gasteiger partial charge in [0.05, 0.1) is 25.4 Å². The maximum atomic E-state index is 14.6. The molecule has 3 aliphatic rings. The van der Waals surface area contributed by atoms with E-state index in [-0.39, 0.29) is 24.3 Å². The maximum absolute atomic E-state index is 14.6. The fourth-order valence-electron chi connectivity index (χ4n) is 8.64. The fraction of sp³-hybridized carbons (Fsp3) is 0.404.